The number of rotatable bonds is 3. The van der Waals surface area contributed by atoms with Gasteiger partial charge in [0.25, 0.3) is 0 Å². The van der Waals surface area contributed by atoms with Crippen LogP contribution in [0.3, 0.4) is 0 Å². The van der Waals surface area contributed by atoms with E-state index in [0.29, 0.717) is 17.6 Å². The maximum atomic E-state index is 13.2. The minimum Gasteiger partial charge on any atom is -0.367 e. The van der Waals surface area contributed by atoms with Crippen LogP contribution < -0.4 is 10.2 Å². The highest BCUT2D eigenvalue weighted by Gasteiger charge is 2.21. The highest BCUT2D eigenvalue weighted by Crippen LogP contribution is 2.23. The predicted octanol–water partition coefficient (Wildman–Crippen LogP) is 2.46. The fraction of sp³-hybridized carbons (Fsp3) is 0.462. The minimum absolute atomic E-state index is 0.319. The number of nitrogens with one attached hydrogen (secondary N) is 1. The third kappa shape index (κ3) is 3.04. The van der Waals surface area contributed by atoms with Crippen molar-refractivity contribution in [3.8, 4) is 0 Å². The zero-order valence-corrected chi connectivity index (χ0v) is 12.0. The molecule has 0 aromatic carbocycles. The van der Waals surface area contributed by atoms with Crippen LogP contribution in [0.5, 0.6) is 0 Å². The Morgan fingerprint density at radius 2 is 2.15 bits per heavy atom. The molecule has 1 aliphatic heterocycles. The van der Waals surface area contributed by atoms with Crippen LogP contribution in [0.15, 0.2) is 17.6 Å². The van der Waals surface area contributed by atoms with Gasteiger partial charge in [0, 0.05) is 42.5 Å². The topological polar surface area (TPSA) is 53.9 Å². The van der Waals surface area contributed by atoms with Crippen LogP contribution in [-0.2, 0) is 0 Å². The third-order valence-electron chi connectivity index (χ3n) is 3.36. The molecule has 2 aromatic heterocycles. The Balaban J connectivity index is 1.58. The molecule has 3 rings (SSSR count). The number of aromatic nitrogens is 3. The van der Waals surface area contributed by atoms with Crippen molar-refractivity contribution in [1.82, 2.24) is 15.0 Å². The monoisotopic (exact) mass is 293 g/mol. The van der Waals surface area contributed by atoms with Crippen LogP contribution in [-0.4, -0.2) is 34.1 Å². The van der Waals surface area contributed by atoms with Crippen LogP contribution in [0.1, 0.15) is 18.5 Å². The third-order valence-corrected chi connectivity index (χ3v) is 4.20. The highest BCUT2D eigenvalue weighted by molar-refractivity contribution is 7.13. The number of hydrogen-bond acceptors (Lipinski definition) is 6. The van der Waals surface area contributed by atoms with E-state index in [4.69, 9.17) is 0 Å². The summed E-state index contributed by atoms with van der Waals surface area (Å²) in [6, 6.07) is 2.09. The lowest BCUT2D eigenvalue weighted by atomic mass is 10.1. The van der Waals surface area contributed by atoms with E-state index in [1.807, 2.05) is 11.6 Å². The summed E-state index contributed by atoms with van der Waals surface area (Å²) in [6.07, 6.45) is 3.14. The van der Waals surface area contributed by atoms with Gasteiger partial charge in [0.05, 0.1) is 0 Å². The maximum absolute atomic E-state index is 13.2. The van der Waals surface area contributed by atoms with Gasteiger partial charge in [-0.25, -0.2) is 9.97 Å². The van der Waals surface area contributed by atoms with Gasteiger partial charge in [-0.15, -0.1) is 11.3 Å². The Morgan fingerprint density at radius 1 is 1.35 bits per heavy atom. The van der Waals surface area contributed by atoms with Crippen molar-refractivity contribution in [2.24, 2.45) is 0 Å². The second-order valence-electron chi connectivity index (χ2n) is 4.88. The smallest absolute Gasteiger partial charge is 0.310 e. The van der Waals surface area contributed by atoms with Crippen molar-refractivity contribution < 1.29 is 4.39 Å². The van der Waals surface area contributed by atoms with Crippen LogP contribution in [0.25, 0.3) is 0 Å². The van der Waals surface area contributed by atoms with Gasteiger partial charge < -0.3 is 10.2 Å². The number of hydrogen-bond donors (Lipinski definition) is 1. The Kier molecular flexibility index (Phi) is 3.77. The molecular formula is C13H16FN5S. The van der Waals surface area contributed by atoms with Crippen LogP contribution in [0, 0.1) is 13.0 Å². The molecule has 0 amide bonds. The average Bonchev–Trinajstić information content (AvgIpc) is 2.92. The highest BCUT2D eigenvalue weighted by atomic mass is 32.1. The molecule has 2 aromatic rings. The van der Waals surface area contributed by atoms with E-state index in [0.717, 1.165) is 31.1 Å². The molecule has 106 valence electrons. The first-order valence-corrected chi connectivity index (χ1v) is 7.51. The molecule has 0 bridgehead atoms. The predicted molar refractivity (Wildman–Crippen MR) is 77.7 cm³/mol. The van der Waals surface area contributed by atoms with E-state index in [1.165, 1.54) is 0 Å². The van der Waals surface area contributed by atoms with E-state index in [-0.39, 0.29) is 0 Å². The fourth-order valence-corrected chi connectivity index (χ4v) is 3.10. The minimum atomic E-state index is -0.673. The zero-order valence-electron chi connectivity index (χ0n) is 11.2. The van der Waals surface area contributed by atoms with Gasteiger partial charge in [0.15, 0.2) is 5.13 Å². The average molecular weight is 293 g/mol. The molecular weight excluding hydrogens is 277 g/mol. The summed E-state index contributed by atoms with van der Waals surface area (Å²) in [4.78, 5) is 14.0. The molecule has 3 heterocycles. The first-order valence-electron chi connectivity index (χ1n) is 6.63. The Morgan fingerprint density at radius 3 is 2.80 bits per heavy atom. The molecule has 0 aliphatic carbocycles. The summed E-state index contributed by atoms with van der Waals surface area (Å²) in [7, 11) is 0. The molecule has 0 unspecified atom stereocenters. The molecule has 1 fully saturated rings. The second-order valence-corrected chi connectivity index (χ2v) is 5.76. The number of aryl methyl sites for hydroxylation is 1. The zero-order chi connectivity index (χ0) is 13.9. The largest absolute Gasteiger partial charge is 0.367 e. The van der Waals surface area contributed by atoms with E-state index < -0.39 is 6.08 Å². The summed E-state index contributed by atoms with van der Waals surface area (Å²) in [5, 5.41) is 6.36. The number of anilines is 2. The van der Waals surface area contributed by atoms with Crippen molar-refractivity contribution in [3.63, 3.8) is 0 Å². The van der Waals surface area contributed by atoms with Crippen molar-refractivity contribution in [3.05, 3.63) is 29.4 Å². The molecule has 1 N–H and O–H groups in total. The summed E-state index contributed by atoms with van der Waals surface area (Å²) >= 11 is 1.66. The van der Waals surface area contributed by atoms with Crippen LogP contribution in [0.2, 0.25) is 0 Å². The molecule has 20 heavy (non-hydrogen) atoms. The van der Waals surface area contributed by atoms with Gasteiger partial charge in [-0.05, 0) is 19.8 Å². The second kappa shape index (κ2) is 5.70. The number of nitrogens with zero attached hydrogens (tertiary/aromatic N) is 4. The molecule has 0 saturated carbocycles. The SMILES string of the molecule is Cc1cc(NC2CCN(c3nccs3)CC2)nc(F)n1. The number of thiazole rings is 1. The molecule has 0 atom stereocenters. The molecule has 5 nitrogen and oxygen atoms in total. The quantitative estimate of drug-likeness (QED) is 0.881. The molecule has 0 radical (unpaired) electrons. The molecule has 0 spiro atoms. The summed E-state index contributed by atoms with van der Waals surface area (Å²) < 4.78 is 13.2. The van der Waals surface area contributed by atoms with Crippen molar-refractivity contribution in [2.75, 3.05) is 23.3 Å². The molecule has 1 aliphatic rings. The Bertz CT molecular complexity index is 546. The Hall–Kier alpha value is -1.76. The lowest BCUT2D eigenvalue weighted by Gasteiger charge is -2.32. The van der Waals surface area contributed by atoms with Gasteiger partial charge in [0.2, 0.25) is 0 Å². The number of piperidine rings is 1. The van der Waals surface area contributed by atoms with Gasteiger partial charge in [-0.1, -0.05) is 0 Å². The van der Waals surface area contributed by atoms with Crippen molar-refractivity contribution in [2.45, 2.75) is 25.8 Å². The first kappa shape index (κ1) is 13.2. The van der Waals surface area contributed by atoms with Gasteiger partial charge >= 0.3 is 6.08 Å². The van der Waals surface area contributed by atoms with Gasteiger partial charge in [-0.3, -0.25) is 0 Å². The standard InChI is InChI=1S/C13H16FN5S/c1-9-8-11(18-12(14)16-9)17-10-2-5-19(6-3-10)13-15-4-7-20-13/h4,7-8,10H,2-3,5-6H2,1H3,(H,16,17,18). The van der Waals surface area contributed by atoms with Gasteiger partial charge in [-0.2, -0.15) is 9.37 Å². The van der Waals surface area contributed by atoms with E-state index >= 15 is 0 Å². The number of halogens is 1. The van der Waals surface area contributed by atoms with Crippen molar-refractivity contribution >= 4 is 22.3 Å². The molecule has 1 saturated heterocycles. The summed E-state index contributed by atoms with van der Waals surface area (Å²) in [6.45, 7) is 3.68. The van der Waals surface area contributed by atoms with Crippen LogP contribution in [0.4, 0.5) is 15.3 Å². The molecule has 7 heteroatoms. The van der Waals surface area contributed by atoms with Crippen molar-refractivity contribution in [1.29, 1.82) is 0 Å². The van der Waals surface area contributed by atoms with E-state index in [2.05, 4.69) is 25.2 Å². The maximum Gasteiger partial charge on any atom is 0.310 e. The van der Waals surface area contributed by atoms with Gasteiger partial charge in [0.1, 0.15) is 5.82 Å². The van der Waals surface area contributed by atoms with E-state index in [1.54, 1.807) is 24.3 Å². The van der Waals surface area contributed by atoms with Crippen LogP contribution >= 0.6 is 11.3 Å². The lowest BCUT2D eigenvalue weighted by molar-refractivity contribution is 0.514. The lowest BCUT2D eigenvalue weighted by Crippen LogP contribution is -2.39. The normalized spacial score (nSPS) is 16.4. The first-order chi connectivity index (χ1) is 9.70. The Labute approximate surface area is 120 Å². The fourth-order valence-electron chi connectivity index (χ4n) is 2.40. The summed E-state index contributed by atoms with van der Waals surface area (Å²) in [5.41, 5.74) is 0.639. The van der Waals surface area contributed by atoms with E-state index in [9.17, 15) is 4.39 Å². The summed E-state index contributed by atoms with van der Waals surface area (Å²) in [5.74, 6) is 0.572.